The monoisotopic (exact) mass is 1080 g/mol. The van der Waals surface area contributed by atoms with Crippen molar-refractivity contribution in [2.75, 3.05) is 0 Å². The second-order valence-electron chi connectivity index (χ2n) is 22.8. The maximum atomic E-state index is 12.6. The van der Waals surface area contributed by atoms with Crippen LogP contribution in [0.1, 0.15) is 128 Å². The first kappa shape index (κ1) is 49.3. The minimum Gasteiger partial charge on any atom is -0.507 e. The van der Waals surface area contributed by atoms with Crippen LogP contribution < -0.4 is 0 Å². The molecule has 1 atom stereocenters. The van der Waals surface area contributed by atoms with Gasteiger partial charge in [0.15, 0.2) is 0 Å². The molecule has 1 aromatic heterocycles. The zero-order valence-electron chi connectivity index (χ0n) is 42.3. The van der Waals surface area contributed by atoms with Crippen LogP contribution in [0.2, 0.25) is 0 Å². The van der Waals surface area contributed by atoms with Crippen LogP contribution in [0, 0.1) is 6.07 Å². The van der Waals surface area contributed by atoms with Crippen LogP contribution in [0.25, 0.3) is 55.8 Å². The Labute approximate surface area is 426 Å². The Bertz CT molecular complexity index is 3190. The van der Waals surface area contributed by atoms with E-state index < -0.39 is 0 Å². The molecule has 8 aromatic rings. The molecule has 3 nitrogen and oxygen atoms in total. The number of phenolic OH excluding ortho intramolecular Hbond substituents is 1. The number of aromatic nitrogens is 1. The van der Waals surface area contributed by atoms with Crippen LogP contribution in [0.5, 0.6) is 5.75 Å². The third-order valence-electron chi connectivity index (χ3n) is 13.6. The summed E-state index contributed by atoms with van der Waals surface area (Å²) in [6.07, 6.45) is 2.02. The molecule has 9 rings (SSSR count). The normalized spacial score (nSPS) is 14.0. The molecule has 1 aliphatic rings. The fraction of sp³-hybridized carbons (Fsp3) is 0.262. The van der Waals surface area contributed by atoms with E-state index in [1.54, 1.807) is 0 Å². The zero-order chi connectivity index (χ0) is 48.3. The predicted octanol–water partition coefficient (Wildman–Crippen LogP) is 17.4. The van der Waals surface area contributed by atoms with E-state index in [0.29, 0.717) is 5.75 Å². The fourth-order valence-electron chi connectivity index (χ4n) is 9.57. The average molecular weight is 1090 g/mol. The summed E-state index contributed by atoms with van der Waals surface area (Å²) in [5.41, 5.74) is 19.1. The molecule has 352 valence electrons. The first-order valence-electron chi connectivity index (χ1n) is 24.2. The molecular formula is C65H65N2OPt-. The van der Waals surface area contributed by atoms with Gasteiger partial charge in [-0.3, -0.25) is 9.98 Å². The Kier molecular flexibility index (Phi) is 13.3. The molecule has 0 amide bonds. The molecule has 0 radical (unpaired) electrons. The third-order valence-corrected chi connectivity index (χ3v) is 13.6. The van der Waals surface area contributed by atoms with E-state index >= 15 is 0 Å². The van der Waals surface area contributed by atoms with Crippen molar-refractivity contribution in [3.8, 4) is 61.5 Å². The van der Waals surface area contributed by atoms with Crippen LogP contribution in [-0.4, -0.2) is 15.8 Å². The van der Waals surface area contributed by atoms with E-state index in [1.807, 2.05) is 6.20 Å². The van der Waals surface area contributed by atoms with Gasteiger partial charge in [-0.05, 0) is 77.8 Å². The van der Waals surface area contributed by atoms with Gasteiger partial charge in [-0.2, -0.15) is 0 Å². The predicted molar refractivity (Wildman–Crippen MR) is 288 cm³/mol. The molecule has 0 saturated carbocycles. The molecule has 1 N–H and O–H groups in total. The Balaban J connectivity index is 0.00000642. The number of nitrogens with zero attached hydrogens (tertiary/aromatic N) is 2. The van der Waals surface area contributed by atoms with Gasteiger partial charge in [0.25, 0.3) is 0 Å². The van der Waals surface area contributed by atoms with Crippen LogP contribution in [0.15, 0.2) is 169 Å². The van der Waals surface area contributed by atoms with Crippen molar-refractivity contribution in [3.05, 3.63) is 209 Å². The van der Waals surface area contributed by atoms with Gasteiger partial charge in [0, 0.05) is 55.3 Å². The molecule has 1 aliphatic heterocycles. The maximum Gasteiger partial charge on any atom is 0.128 e. The van der Waals surface area contributed by atoms with Crippen LogP contribution >= 0.6 is 0 Å². The van der Waals surface area contributed by atoms with Gasteiger partial charge in [-0.15, -0.1) is 29.3 Å². The molecule has 7 aromatic carbocycles. The van der Waals surface area contributed by atoms with Gasteiger partial charge in [0.2, 0.25) is 0 Å². The Morgan fingerprint density at radius 2 is 0.957 bits per heavy atom. The number of aliphatic imine (C=N–C) groups is 1. The fourth-order valence-corrected chi connectivity index (χ4v) is 9.57. The molecule has 0 bridgehead atoms. The van der Waals surface area contributed by atoms with Gasteiger partial charge in [0.1, 0.15) is 5.75 Å². The third kappa shape index (κ3) is 9.87. The van der Waals surface area contributed by atoms with Crippen molar-refractivity contribution in [1.82, 2.24) is 4.98 Å². The Morgan fingerprint density at radius 3 is 1.52 bits per heavy atom. The Morgan fingerprint density at radius 1 is 0.435 bits per heavy atom. The second kappa shape index (κ2) is 18.6. The van der Waals surface area contributed by atoms with Gasteiger partial charge in [-0.25, -0.2) is 0 Å². The van der Waals surface area contributed by atoms with Gasteiger partial charge >= 0.3 is 0 Å². The van der Waals surface area contributed by atoms with E-state index in [2.05, 4.69) is 247 Å². The molecular weight excluding hydrogens is 1020 g/mol. The van der Waals surface area contributed by atoms with E-state index in [9.17, 15) is 5.11 Å². The van der Waals surface area contributed by atoms with E-state index in [4.69, 9.17) is 9.98 Å². The second-order valence-corrected chi connectivity index (χ2v) is 22.8. The van der Waals surface area contributed by atoms with Crippen molar-refractivity contribution in [2.24, 2.45) is 4.99 Å². The molecule has 0 aliphatic carbocycles. The maximum absolute atomic E-state index is 12.6. The van der Waals surface area contributed by atoms with E-state index in [-0.39, 0.29) is 48.6 Å². The van der Waals surface area contributed by atoms with Crippen molar-refractivity contribution in [3.63, 3.8) is 0 Å². The summed E-state index contributed by atoms with van der Waals surface area (Å²) in [7, 11) is 0. The summed E-state index contributed by atoms with van der Waals surface area (Å²) < 4.78 is 0. The molecule has 2 heterocycles. The standard InChI is InChI=1S/C65H65N2O.Pt/c1-62(2,3)46-31-32-50(52(36-46)41-23-16-13-17-24-41)58-51-30-22-29-49(59(51)67-60(58)54-37-48(64(7,8)9)38-56(61(54)68)65(10,11)12)44-33-45(35-47(34-44)63(4,5)6)57-39-53(42-25-18-14-19-26-42)55(40-66-57)43-27-20-15-21-28-43;/h13-32,34-40,58,68H,1-12H3;/q-1;. The first-order chi connectivity index (χ1) is 32.2. The zero-order valence-corrected chi connectivity index (χ0v) is 44.6. The van der Waals surface area contributed by atoms with Gasteiger partial charge in [-0.1, -0.05) is 234 Å². The SMILES string of the molecule is CC(C)(C)c1cc(-c2cc(-c3ccccc3)c(-c3ccccc3)cn2)[c-]c(-c2cccc3c2N=C(c2cc(C(C)(C)C)cc(C(C)(C)C)c2O)C3c2ccc(C(C)(C)C)cc2-c2ccccc2)c1.[Pt]. The number of hydrogen-bond acceptors (Lipinski definition) is 3. The van der Waals surface area contributed by atoms with Crippen molar-refractivity contribution in [1.29, 1.82) is 0 Å². The summed E-state index contributed by atoms with van der Waals surface area (Å²) in [5, 5.41) is 12.6. The summed E-state index contributed by atoms with van der Waals surface area (Å²) in [5.74, 6) is 0.00742. The Hall–Kier alpha value is -6.15. The molecule has 4 heteroatoms. The number of rotatable bonds is 7. The molecule has 0 fully saturated rings. The largest absolute Gasteiger partial charge is 0.507 e. The average Bonchev–Trinajstić information content (AvgIpc) is 3.70. The number of phenols is 1. The summed E-state index contributed by atoms with van der Waals surface area (Å²) in [6.45, 7) is 26.9. The topological polar surface area (TPSA) is 45.5 Å². The van der Waals surface area contributed by atoms with Gasteiger partial charge < -0.3 is 5.11 Å². The van der Waals surface area contributed by atoms with E-state index in [0.717, 1.165) is 89.4 Å². The number of para-hydroxylation sites is 1. The first-order valence-corrected chi connectivity index (χ1v) is 24.2. The number of fused-ring (bicyclic) bond motifs is 1. The minimum atomic E-state index is -0.317. The number of pyridine rings is 1. The quantitative estimate of drug-likeness (QED) is 0.162. The summed E-state index contributed by atoms with van der Waals surface area (Å²) in [6, 6.07) is 60.5. The molecule has 0 spiro atoms. The van der Waals surface area contributed by atoms with Crippen LogP contribution in [0.3, 0.4) is 0 Å². The minimum absolute atomic E-state index is 0. The molecule has 0 saturated heterocycles. The number of hydrogen-bond donors (Lipinski definition) is 1. The van der Waals surface area contributed by atoms with Crippen molar-refractivity contribution < 1.29 is 26.2 Å². The van der Waals surface area contributed by atoms with Crippen LogP contribution in [-0.2, 0) is 42.7 Å². The number of aromatic hydroxyl groups is 1. The van der Waals surface area contributed by atoms with Crippen molar-refractivity contribution >= 4 is 11.4 Å². The number of benzene rings is 7. The summed E-state index contributed by atoms with van der Waals surface area (Å²) >= 11 is 0. The van der Waals surface area contributed by atoms with Crippen LogP contribution in [0.4, 0.5) is 5.69 Å². The van der Waals surface area contributed by atoms with Gasteiger partial charge in [0.05, 0.1) is 11.6 Å². The smallest absolute Gasteiger partial charge is 0.128 e. The van der Waals surface area contributed by atoms with E-state index in [1.165, 1.54) is 16.7 Å². The molecule has 1 unspecified atom stereocenters. The molecule has 69 heavy (non-hydrogen) atoms. The summed E-state index contributed by atoms with van der Waals surface area (Å²) in [4.78, 5) is 11.0. The van der Waals surface area contributed by atoms with Crippen molar-refractivity contribution in [2.45, 2.75) is 111 Å².